The van der Waals surface area contributed by atoms with Crippen LogP contribution in [0.15, 0.2) is 36.4 Å². The van der Waals surface area contributed by atoms with Crippen LogP contribution in [0.1, 0.15) is 37.0 Å². The minimum absolute atomic E-state index is 0.0343. The van der Waals surface area contributed by atoms with Gasteiger partial charge in [-0.3, -0.25) is 9.59 Å². The first-order valence-electron chi connectivity index (χ1n) is 14.4. The highest BCUT2D eigenvalue weighted by Gasteiger charge is 2.48. The second-order valence-corrected chi connectivity index (χ2v) is 11.3. The third-order valence-electron chi connectivity index (χ3n) is 8.07. The number of primary amides is 1. The van der Waals surface area contributed by atoms with Gasteiger partial charge in [0.2, 0.25) is 11.9 Å². The Morgan fingerprint density at radius 2 is 1.82 bits per heavy atom. The molecule has 0 bridgehead atoms. The van der Waals surface area contributed by atoms with Crippen LogP contribution >= 0.6 is 0 Å². The Hall–Kier alpha value is -4.40. The third-order valence-corrected chi connectivity index (χ3v) is 8.07. The molecule has 2 aromatic heterocycles. The largest absolute Gasteiger partial charge is 0.481 e. The van der Waals surface area contributed by atoms with E-state index in [0.29, 0.717) is 37.0 Å². The number of carbonyl (C=O) groups excluding carboxylic acids is 1. The van der Waals surface area contributed by atoms with Crippen molar-refractivity contribution in [2.24, 2.45) is 11.7 Å². The molecule has 3 fully saturated rings. The minimum Gasteiger partial charge on any atom is -0.481 e. The van der Waals surface area contributed by atoms with Crippen molar-refractivity contribution in [3.63, 3.8) is 0 Å². The number of pyridine rings is 1. The van der Waals surface area contributed by atoms with Crippen molar-refractivity contribution in [3.8, 4) is 11.3 Å². The number of nitrogens with two attached hydrogens (primary N) is 1. The number of aliphatic hydroxyl groups excluding tert-OH is 1. The van der Waals surface area contributed by atoms with Crippen LogP contribution < -0.4 is 15.5 Å². The number of ether oxygens (including phenoxy) is 2. The zero-order valence-corrected chi connectivity index (χ0v) is 24.5. The van der Waals surface area contributed by atoms with E-state index < -0.39 is 29.9 Å². The second kappa shape index (κ2) is 12.7. The van der Waals surface area contributed by atoms with Gasteiger partial charge in [0.15, 0.2) is 11.8 Å². The molecule has 1 amide bonds. The predicted octanol–water partition coefficient (Wildman–Crippen LogP) is 1.54. The minimum atomic E-state index is -1.82. The maximum Gasteiger partial charge on any atom is 0.333 e. The summed E-state index contributed by atoms with van der Waals surface area (Å²) in [5.74, 6) is -3.00. The quantitative estimate of drug-likeness (QED) is 0.301. The number of amides is 1. The van der Waals surface area contributed by atoms with E-state index in [2.05, 4.69) is 16.7 Å². The fourth-order valence-electron chi connectivity index (χ4n) is 5.18. The molecule has 2 unspecified atom stereocenters. The van der Waals surface area contributed by atoms with Crippen LogP contribution in [0.25, 0.3) is 22.3 Å². The summed E-state index contributed by atoms with van der Waals surface area (Å²) in [4.78, 5) is 51.0. The lowest BCUT2D eigenvalue weighted by atomic mass is 10.1. The Morgan fingerprint density at radius 3 is 2.45 bits per heavy atom. The smallest absolute Gasteiger partial charge is 0.333 e. The van der Waals surface area contributed by atoms with Crippen molar-refractivity contribution >= 4 is 40.6 Å². The molecule has 44 heavy (non-hydrogen) atoms. The van der Waals surface area contributed by atoms with E-state index in [4.69, 9.17) is 45.5 Å². The molecule has 14 heteroatoms. The van der Waals surface area contributed by atoms with Gasteiger partial charge >= 0.3 is 11.9 Å². The molecular weight excluding hydrogens is 572 g/mol. The van der Waals surface area contributed by atoms with Crippen molar-refractivity contribution in [2.75, 3.05) is 49.3 Å². The molecular formula is C30H36N6O8. The summed E-state index contributed by atoms with van der Waals surface area (Å²) < 4.78 is 11.7. The van der Waals surface area contributed by atoms with Gasteiger partial charge in [-0.1, -0.05) is 12.1 Å². The molecule has 1 saturated carbocycles. The number of hydrogen-bond acceptors (Lipinski definition) is 11. The van der Waals surface area contributed by atoms with E-state index in [9.17, 15) is 14.4 Å². The molecule has 1 spiro atoms. The number of nitrogens with zero attached hydrogens (tertiary/aromatic N) is 5. The molecule has 4 heterocycles. The van der Waals surface area contributed by atoms with E-state index in [1.165, 1.54) is 0 Å². The van der Waals surface area contributed by atoms with Gasteiger partial charge in [0.1, 0.15) is 5.82 Å². The highest BCUT2D eigenvalue weighted by Crippen LogP contribution is 2.43. The fourth-order valence-corrected chi connectivity index (χ4v) is 5.18. The molecule has 0 radical (unpaired) electrons. The molecule has 14 nitrogen and oxygen atoms in total. The number of aliphatic hydroxyl groups is 1. The molecule has 3 aromatic rings. The summed E-state index contributed by atoms with van der Waals surface area (Å²) in [5, 5.41) is 25.8. The van der Waals surface area contributed by atoms with Gasteiger partial charge in [-0.2, -0.15) is 9.97 Å². The monoisotopic (exact) mass is 608 g/mol. The highest BCUT2D eigenvalue weighted by molar-refractivity contribution is 5.94. The summed E-state index contributed by atoms with van der Waals surface area (Å²) in [7, 11) is 0. The van der Waals surface area contributed by atoms with Crippen molar-refractivity contribution in [1.82, 2.24) is 15.0 Å². The lowest BCUT2D eigenvalue weighted by Crippen LogP contribution is -2.46. The second-order valence-electron chi connectivity index (χ2n) is 11.3. The number of rotatable bonds is 7. The van der Waals surface area contributed by atoms with Gasteiger partial charge in [0, 0.05) is 30.8 Å². The lowest BCUT2D eigenvalue weighted by molar-refractivity contribution is -0.158. The Morgan fingerprint density at radius 1 is 1.05 bits per heavy atom. The average Bonchev–Trinajstić information content (AvgIpc) is 3.77. The molecule has 234 valence electrons. The van der Waals surface area contributed by atoms with Crippen molar-refractivity contribution in [3.05, 3.63) is 42.0 Å². The van der Waals surface area contributed by atoms with E-state index in [0.717, 1.165) is 61.9 Å². The number of fused-ring (bicyclic) bond motifs is 1. The number of aliphatic carboxylic acids is 2. The number of carboxylic acids is 2. The average molecular weight is 609 g/mol. The Balaban J connectivity index is 0.000000333. The van der Waals surface area contributed by atoms with Crippen LogP contribution in [-0.4, -0.2) is 105 Å². The Kier molecular flexibility index (Phi) is 8.95. The van der Waals surface area contributed by atoms with Crippen LogP contribution in [0.3, 0.4) is 0 Å². The van der Waals surface area contributed by atoms with Crippen LogP contribution in [0.4, 0.5) is 11.8 Å². The lowest BCUT2D eigenvalue weighted by Gasteiger charge is -2.36. The fraction of sp³-hybridized carbons (Fsp3) is 0.467. The maximum absolute atomic E-state index is 11.7. The summed E-state index contributed by atoms with van der Waals surface area (Å²) in [6.07, 6.45) is 0.351. The van der Waals surface area contributed by atoms with Gasteiger partial charge in [-0.15, -0.1) is 0 Å². The first kappa shape index (κ1) is 31.0. The number of hydrogen-bond donors (Lipinski definition) is 4. The van der Waals surface area contributed by atoms with Gasteiger partial charge < -0.3 is 40.3 Å². The molecule has 6 rings (SSSR count). The van der Waals surface area contributed by atoms with E-state index in [1.54, 1.807) is 12.1 Å². The normalized spacial score (nSPS) is 20.4. The van der Waals surface area contributed by atoms with Gasteiger partial charge in [-0.25, -0.2) is 9.78 Å². The zero-order valence-electron chi connectivity index (χ0n) is 24.5. The van der Waals surface area contributed by atoms with Crippen LogP contribution in [-0.2, 0) is 19.1 Å². The number of anilines is 2. The topological polar surface area (TPSA) is 202 Å². The summed E-state index contributed by atoms with van der Waals surface area (Å²) >= 11 is 0. The van der Waals surface area contributed by atoms with Crippen LogP contribution in [0, 0.1) is 5.92 Å². The molecule has 5 N–H and O–H groups in total. The Labute approximate surface area is 253 Å². The van der Waals surface area contributed by atoms with E-state index >= 15 is 0 Å². The maximum atomic E-state index is 11.7. The third kappa shape index (κ3) is 6.72. The van der Waals surface area contributed by atoms with Gasteiger partial charge in [0.05, 0.1) is 48.5 Å². The number of aromatic nitrogens is 3. The zero-order chi connectivity index (χ0) is 31.6. The van der Waals surface area contributed by atoms with Crippen molar-refractivity contribution in [2.45, 2.75) is 44.4 Å². The van der Waals surface area contributed by atoms with E-state index in [1.807, 2.05) is 24.3 Å². The molecule has 3 atom stereocenters. The van der Waals surface area contributed by atoms with Crippen LogP contribution in [0.2, 0.25) is 0 Å². The highest BCUT2D eigenvalue weighted by atomic mass is 16.5. The first-order chi connectivity index (χ1) is 21.0. The number of carbonyl (C=O) groups is 3. The number of carboxylic acid groups (broad SMARTS) is 2. The SMILES string of the molecule is CC(C(=O)O)C(O)C(=O)O.C[C@H]1COCCN1c1nc(N2CCOC3(CC3)C2)nc2nc(-c3cccc(C(N)=O)c3)ccc12. The summed E-state index contributed by atoms with van der Waals surface area (Å²) in [5.41, 5.74) is 8.10. The number of benzene rings is 1. The standard InChI is InChI=1S/C25H28N6O3.C5H8O5/c1-16-14-33-11-10-31(16)23-19-5-6-20(17-3-2-4-18(13-17)21(26)32)27-22(19)28-24(29-23)30-9-12-34-25(15-30)7-8-25;1-2(4(7)8)3(6)5(9)10/h2-6,13,16H,7-12,14-15H2,1H3,(H2,26,32);2-3,6H,1H3,(H,7,8)(H,9,10)/t16-;/m0./s1. The molecule has 1 aliphatic carbocycles. The van der Waals surface area contributed by atoms with Crippen molar-refractivity contribution in [1.29, 1.82) is 0 Å². The first-order valence-corrected chi connectivity index (χ1v) is 14.4. The molecule has 1 aromatic carbocycles. The Bertz CT molecular complexity index is 1550. The number of morpholine rings is 2. The summed E-state index contributed by atoms with van der Waals surface area (Å²) in [6.45, 7) is 7.60. The van der Waals surface area contributed by atoms with Crippen LogP contribution in [0.5, 0.6) is 0 Å². The molecule has 3 aliphatic rings. The molecule has 2 aliphatic heterocycles. The van der Waals surface area contributed by atoms with Gasteiger partial charge in [-0.05, 0) is 51.0 Å². The van der Waals surface area contributed by atoms with E-state index in [-0.39, 0.29) is 11.6 Å². The van der Waals surface area contributed by atoms with Gasteiger partial charge in [0.25, 0.3) is 0 Å². The molecule has 2 saturated heterocycles. The van der Waals surface area contributed by atoms with Crippen molar-refractivity contribution < 1.29 is 39.2 Å². The summed E-state index contributed by atoms with van der Waals surface area (Å²) in [6, 6.07) is 11.4. The predicted molar refractivity (Wildman–Crippen MR) is 159 cm³/mol.